The van der Waals surface area contributed by atoms with Crippen LogP contribution in [-0.2, 0) is 10.0 Å². The van der Waals surface area contributed by atoms with Gasteiger partial charge >= 0.3 is 0 Å². The van der Waals surface area contributed by atoms with E-state index < -0.39 is 10.0 Å². The molecule has 1 N–H and O–H groups in total. The number of sulfonamides is 1. The zero-order chi connectivity index (χ0) is 18.7. The largest absolute Gasteiger partial charge is 0.497 e. The van der Waals surface area contributed by atoms with E-state index in [2.05, 4.69) is 28.8 Å². The molecular formula is C20H22N2O3S. The van der Waals surface area contributed by atoms with Gasteiger partial charge in [-0.15, -0.1) is 0 Å². The normalized spacial score (nSPS) is 18.7. The van der Waals surface area contributed by atoms with Crippen LogP contribution in [0.25, 0.3) is 4.91 Å². The molecule has 0 aromatic heterocycles. The first kappa shape index (κ1) is 18.2. The number of rotatable bonds is 5. The molecule has 136 valence electrons. The topological polar surface area (TPSA) is 67.8 Å². The molecule has 0 bridgehead atoms. The molecule has 0 amide bonds. The molecule has 1 aliphatic heterocycles. The van der Waals surface area contributed by atoms with Gasteiger partial charge in [0.1, 0.15) is 16.5 Å². The Labute approximate surface area is 154 Å². The molecule has 1 atom stereocenters. The summed E-state index contributed by atoms with van der Waals surface area (Å²) in [5.41, 5.74) is 2.43. The van der Waals surface area contributed by atoms with Crippen LogP contribution in [-0.4, -0.2) is 27.9 Å². The second-order valence-electron chi connectivity index (χ2n) is 6.29. The number of hydrogen-bond donors (Lipinski definition) is 1. The van der Waals surface area contributed by atoms with E-state index in [4.69, 9.17) is 4.74 Å². The smallest absolute Gasteiger partial charge is 0.264 e. The molecule has 1 heterocycles. The van der Waals surface area contributed by atoms with E-state index in [0.717, 1.165) is 0 Å². The van der Waals surface area contributed by atoms with Gasteiger partial charge < -0.3 is 4.74 Å². The van der Waals surface area contributed by atoms with Crippen molar-refractivity contribution >= 4 is 20.8 Å². The monoisotopic (exact) mass is 370 g/mol. The third kappa shape index (κ3) is 3.65. The van der Waals surface area contributed by atoms with Gasteiger partial charge in [-0.2, -0.15) is 0 Å². The lowest BCUT2D eigenvalue weighted by Gasteiger charge is -2.09. The van der Waals surface area contributed by atoms with Crippen molar-refractivity contribution in [1.82, 2.24) is 4.72 Å². The van der Waals surface area contributed by atoms with Crippen molar-refractivity contribution < 1.29 is 13.2 Å². The Hall–Kier alpha value is -2.60. The predicted molar refractivity (Wildman–Crippen MR) is 105 cm³/mol. The number of methoxy groups -OCH3 is 1. The van der Waals surface area contributed by atoms with Gasteiger partial charge in [0, 0.05) is 18.0 Å². The van der Waals surface area contributed by atoms with Gasteiger partial charge in [-0.25, -0.2) is 8.42 Å². The number of hydrogen-bond acceptors (Lipinski definition) is 4. The van der Waals surface area contributed by atoms with Gasteiger partial charge in [0.2, 0.25) is 0 Å². The summed E-state index contributed by atoms with van der Waals surface area (Å²) in [5.74, 6) is 1.30. The second kappa shape index (κ2) is 7.33. The quantitative estimate of drug-likeness (QED) is 0.875. The van der Waals surface area contributed by atoms with Crippen LogP contribution in [0.2, 0.25) is 0 Å². The van der Waals surface area contributed by atoms with Crippen LogP contribution in [0.3, 0.4) is 0 Å². The summed E-state index contributed by atoms with van der Waals surface area (Å²) in [6.07, 6.45) is 0. The van der Waals surface area contributed by atoms with Crippen molar-refractivity contribution in [2.75, 3.05) is 13.7 Å². The molecule has 26 heavy (non-hydrogen) atoms. The SMILES string of the molecule is COc1ccc(C2=C(C)C(=NC[C@@H](C)c3ccccc3)NS2(=O)=O)cc1. The predicted octanol–water partition coefficient (Wildman–Crippen LogP) is 3.56. The van der Waals surface area contributed by atoms with Crippen molar-refractivity contribution in [3.8, 4) is 5.75 Å². The number of ether oxygens (including phenoxy) is 1. The van der Waals surface area contributed by atoms with E-state index in [1.165, 1.54) is 5.56 Å². The number of benzene rings is 2. The van der Waals surface area contributed by atoms with Gasteiger partial charge in [0.15, 0.2) is 0 Å². The molecule has 0 aliphatic carbocycles. The second-order valence-corrected chi connectivity index (χ2v) is 7.91. The third-order valence-corrected chi connectivity index (χ3v) is 5.98. The van der Waals surface area contributed by atoms with Crippen LogP contribution in [0, 0.1) is 0 Å². The van der Waals surface area contributed by atoms with Crippen LogP contribution in [0.15, 0.2) is 65.2 Å². The molecule has 2 aromatic carbocycles. The van der Waals surface area contributed by atoms with Crippen molar-refractivity contribution in [3.05, 3.63) is 71.3 Å². The van der Waals surface area contributed by atoms with E-state index in [1.807, 2.05) is 18.2 Å². The summed E-state index contributed by atoms with van der Waals surface area (Å²) in [4.78, 5) is 4.80. The first-order valence-electron chi connectivity index (χ1n) is 8.40. The highest BCUT2D eigenvalue weighted by Gasteiger charge is 2.32. The average molecular weight is 370 g/mol. The number of aliphatic imine (C=N–C) groups is 1. The lowest BCUT2D eigenvalue weighted by molar-refractivity contribution is 0.415. The molecule has 0 saturated carbocycles. The minimum absolute atomic E-state index is 0.200. The van der Waals surface area contributed by atoms with Gasteiger partial charge in [-0.3, -0.25) is 9.71 Å². The van der Waals surface area contributed by atoms with Gasteiger partial charge in [-0.05, 0) is 42.3 Å². The maximum atomic E-state index is 12.6. The first-order chi connectivity index (χ1) is 12.4. The maximum Gasteiger partial charge on any atom is 0.264 e. The summed E-state index contributed by atoms with van der Waals surface area (Å²) < 4.78 is 32.9. The van der Waals surface area contributed by atoms with E-state index in [0.29, 0.717) is 29.3 Å². The average Bonchev–Trinajstić information content (AvgIpc) is 2.89. The van der Waals surface area contributed by atoms with Crippen molar-refractivity contribution in [2.24, 2.45) is 4.99 Å². The van der Waals surface area contributed by atoms with Gasteiger partial charge in [0.05, 0.1) is 7.11 Å². The molecular weight excluding hydrogens is 348 g/mol. The lowest BCUT2D eigenvalue weighted by Crippen LogP contribution is -2.24. The van der Waals surface area contributed by atoms with Crippen LogP contribution < -0.4 is 9.46 Å². The van der Waals surface area contributed by atoms with Crippen LogP contribution >= 0.6 is 0 Å². The Balaban J connectivity index is 1.88. The Kier molecular flexibility index (Phi) is 5.13. The number of nitrogens with zero attached hydrogens (tertiary/aromatic N) is 1. The van der Waals surface area contributed by atoms with Gasteiger partial charge in [0.25, 0.3) is 10.0 Å². The Morgan fingerprint density at radius 3 is 2.35 bits per heavy atom. The Morgan fingerprint density at radius 1 is 1.08 bits per heavy atom. The third-order valence-electron chi connectivity index (χ3n) is 4.44. The zero-order valence-electron chi connectivity index (χ0n) is 15.1. The Morgan fingerprint density at radius 2 is 1.73 bits per heavy atom. The van der Waals surface area contributed by atoms with Crippen molar-refractivity contribution in [3.63, 3.8) is 0 Å². The van der Waals surface area contributed by atoms with E-state index in [1.54, 1.807) is 38.3 Å². The van der Waals surface area contributed by atoms with E-state index in [9.17, 15) is 8.42 Å². The highest BCUT2D eigenvalue weighted by Crippen LogP contribution is 2.31. The van der Waals surface area contributed by atoms with Crippen LogP contribution in [0.5, 0.6) is 5.75 Å². The van der Waals surface area contributed by atoms with Crippen molar-refractivity contribution in [2.45, 2.75) is 19.8 Å². The highest BCUT2D eigenvalue weighted by molar-refractivity contribution is 8.00. The summed E-state index contributed by atoms with van der Waals surface area (Å²) >= 11 is 0. The lowest BCUT2D eigenvalue weighted by atomic mass is 10.0. The first-order valence-corrected chi connectivity index (χ1v) is 9.88. The fourth-order valence-corrected chi connectivity index (χ4v) is 4.46. The summed E-state index contributed by atoms with van der Waals surface area (Å²) in [7, 11) is -2.04. The molecule has 1 aliphatic rings. The number of nitrogens with one attached hydrogen (secondary N) is 1. The molecule has 0 saturated heterocycles. The van der Waals surface area contributed by atoms with Crippen molar-refractivity contribution in [1.29, 1.82) is 0 Å². The maximum absolute atomic E-state index is 12.6. The molecule has 5 nitrogen and oxygen atoms in total. The summed E-state index contributed by atoms with van der Waals surface area (Å²) in [6, 6.07) is 17.0. The highest BCUT2D eigenvalue weighted by atomic mass is 32.2. The molecule has 0 unspecified atom stereocenters. The zero-order valence-corrected chi connectivity index (χ0v) is 15.9. The molecule has 6 heteroatoms. The standard InChI is InChI=1S/C20H22N2O3S/c1-14(16-7-5-4-6-8-16)13-21-20-15(2)19(26(23,24)22-20)17-9-11-18(25-3)12-10-17/h4-12,14H,13H2,1-3H3,(H,21,22)/t14-/m1/s1. The molecule has 0 radical (unpaired) electrons. The fourth-order valence-electron chi connectivity index (χ4n) is 2.94. The minimum atomic E-state index is -3.61. The fraction of sp³-hybridized carbons (Fsp3) is 0.250. The Bertz CT molecular complexity index is 946. The minimum Gasteiger partial charge on any atom is -0.497 e. The molecule has 0 spiro atoms. The summed E-state index contributed by atoms with van der Waals surface area (Å²) in [6.45, 7) is 4.37. The molecule has 3 rings (SSSR count). The molecule has 0 fully saturated rings. The van der Waals surface area contributed by atoms with E-state index >= 15 is 0 Å². The number of amidine groups is 1. The van der Waals surface area contributed by atoms with E-state index in [-0.39, 0.29) is 10.8 Å². The van der Waals surface area contributed by atoms with Gasteiger partial charge in [-0.1, -0.05) is 37.3 Å². The summed E-state index contributed by atoms with van der Waals surface area (Å²) in [5, 5.41) is 0. The van der Waals surface area contributed by atoms with Crippen LogP contribution in [0.1, 0.15) is 30.9 Å². The van der Waals surface area contributed by atoms with Crippen LogP contribution in [0.4, 0.5) is 0 Å². The molecule has 2 aromatic rings.